The number of benzene rings is 1. The van der Waals surface area contributed by atoms with Gasteiger partial charge in [0.1, 0.15) is 6.10 Å². The van der Waals surface area contributed by atoms with Crippen LogP contribution in [0.1, 0.15) is 38.7 Å². The molecule has 1 aromatic carbocycles. The van der Waals surface area contributed by atoms with Gasteiger partial charge in [-0.25, -0.2) is 9.59 Å². The van der Waals surface area contributed by atoms with E-state index in [1.807, 2.05) is 6.92 Å². The number of nitrogens with one attached hydrogen (secondary N) is 1. The van der Waals surface area contributed by atoms with Crippen molar-refractivity contribution < 1.29 is 28.7 Å². The van der Waals surface area contributed by atoms with E-state index < -0.39 is 35.5 Å². The van der Waals surface area contributed by atoms with Gasteiger partial charge in [-0.1, -0.05) is 50.6 Å². The summed E-state index contributed by atoms with van der Waals surface area (Å²) in [6.45, 7) is 3.84. The van der Waals surface area contributed by atoms with E-state index >= 15 is 0 Å². The lowest BCUT2D eigenvalue weighted by Crippen LogP contribution is -2.67. The SMILES string of the molecule is CCCCOC[C@@H](CN1C(=O)NC(=O)[C@@](CC)(c2ccccc2)C1=O)OC(N)=O. The van der Waals surface area contributed by atoms with Gasteiger partial charge in [0.2, 0.25) is 5.91 Å². The molecule has 9 heteroatoms. The van der Waals surface area contributed by atoms with Gasteiger partial charge >= 0.3 is 12.1 Å². The molecule has 0 aromatic heterocycles. The fraction of sp³-hybridized carbons (Fsp3) is 0.500. The molecule has 0 bridgehead atoms. The third kappa shape index (κ3) is 4.92. The summed E-state index contributed by atoms with van der Waals surface area (Å²) in [4.78, 5) is 50.6. The van der Waals surface area contributed by atoms with Crippen LogP contribution in [0.4, 0.5) is 9.59 Å². The number of unbranched alkanes of at least 4 members (excludes halogenated alkanes) is 1. The Kier molecular flexibility index (Phi) is 7.72. The van der Waals surface area contributed by atoms with Crippen LogP contribution in [0.5, 0.6) is 0 Å². The van der Waals surface area contributed by atoms with Crippen molar-refractivity contribution in [2.75, 3.05) is 19.8 Å². The van der Waals surface area contributed by atoms with E-state index in [4.69, 9.17) is 15.2 Å². The highest BCUT2D eigenvalue weighted by Gasteiger charge is 2.54. The first-order valence-electron chi connectivity index (χ1n) is 9.63. The molecule has 1 saturated heterocycles. The smallest absolute Gasteiger partial charge is 0.404 e. The average molecular weight is 405 g/mol. The van der Waals surface area contributed by atoms with Crippen LogP contribution >= 0.6 is 0 Å². The van der Waals surface area contributed by atoms with Crippen molar-refractivity contribution in [2.24, 2.45) is 5.73 Å². The van der Waals surface area contributed by atoms with Gasteiger partial charge in [0.15, 0.2) is 5.41 Å². The van der Waals surface area contributed by atoms with E-state index in [0.29, 0.717) is 12.2 Å². The second-order valence-corrected chi connectivity index (χ2v) is 6.79. The second-order valence-electron chi connectivity index (χ2n) is 6.79. The molecule has 0 spiro atoms. The van der Waals surface area contributed by atoms with E-state index in [9.17, 15) is 19.2 Å². The molecule has 1 aliphatic heterocycles. The Morgan fingerprint density at radius 2 is 1.90 bits per heavy atom. The van der Waals surface area contributed by atoms with Crippen molar-refractivity contribution in [1.82, 2.24) is 10.2 Å². The Morgan fingerprint density at radius 1 is 1.21 bits per heavy atom. The molecule has 1 heterocycles. The van der Waals surface area contributed by atoms with Gasteiger partial charge in [0, 0.05) is 6.61 Å². The van der Waals surface area contributed by atoms with E-state index in [0.717, 1.165) is 17.7 Å². The molecular weight excluding hydrogens is 378 g/mol. The predicted molar refractivity (Wildman–Crippen MR) is 104 cm³/mol. The first-order chi connectivity index (χ1) is 13.9. The summed E-state index contributed by atoms with van der Waals surface area (Å²) in [5, 5.41) is 2.25. The Balaban J connectivity index is 2.27. The number of amides is 5. The number of hydrogen-bond acceptors (Lipinski definition) is 6. The Hall–Kier alpha value is -2.94. The highest BCUT2D eigenvalue weighted by atomic mass is 16.6. The maximum atomic E-state index is 13.3. The van der Waals surface area contributed by atoms with Gasteiger partial charge < -0.3 is 15.2 Å². The zero-order valence-electron chi connectivity index (χ0n) is 16.7. The van der Waals surface area contributed by atoms with E-state index in [1.165, 1.54) is 0 Å². The van der Waals surface area contributed by atoms with E-state index in [1.54, 1.807) is 37.3 Å². The largest absolute Gasteiger partial charge is 0.442 e. The molecule has 9 nitrogen and oxygen atoms in total. The van der Waals surface area contributed by atoms with Gasteiger partial charge in [-0.05, 0) is 18.4 Å². The van der Waals surface area contributed by atoms with Crippen LogP contribution < -0.4 is 11.1 Å². The number of carbonyl (C=O) groups excluding carboxylic acids is 4. The minimum Gasteiger partial charge on any atom is -0.442 e. The van der Waals surface area contributed by atoms with E-state index in [-0.39, 0.29) is 19.6 Å². The molecule has 0 radical (unpaired) electrons. The maximum Gasteiger partial charge on any atom is 0.404 e. The lowest BCUT2D eigenvalue weighted by atomic mass is 9.74. The minimum atomic E-state index is -1.55. The highest BCUT2D eigenvalue weighted by Crippen LogP contribution is 2.33. The zero-order chi connectivity index (χ0) is 21.4. The van der Waals surface area contributed by atoms with Crippen molar-refractivity contribution in [1.29, 1.82) is 0 Å². The number of hydrogen-bond donors (Lipinski definition) is 2. The molecule has 2 atom stereocenters. The third-order valence-electron chi connectivity index (χ3n) is 4.88. The van der Waals surface area contributed by atoms with Crippen LogP contribution in [0.15, 0.2) is 30.3 Å². The van der Waals surface area contributed by atoms with Gasteiger partial charge in [0.25, 0.3) is 5.91 Å². The monoisotopic (exact) mass is 405 g/mol. The van der Waals surface area contributed by atoms with Gasteiger partial charge in [-0.15, -0.1) is 0 Å². The Morgan fingerprint density at radius 3 is 2.48 bits per heavy atom. The number of urea groups is 1. The topological polar surface area (TPSA) is 128 Å². The van der Waals surface area contributed by atoms with Crippen molar-refractivity contribution in [2.45, 2.75) is 44.6 Å². The molecule has 158 valence electrons. The van der Waals surface area contributed by atoms with Crippen LogP contribution in [0, 0.1) is 0 Å². The first kappa shape index (κ1) is 22.4. The standard InChI is InChI=1S/C20H27N3O6/c1-3-5-11-28-13-15(29-18(21)26)12-23-17(25)20(4-2,16(24)22-19(23)27)14-9-7-6-8-10-14/h6-10,15H,3-5,11-13H2,1-2H3,(H2,21,26)(H,22,24,27)/t15-,20-/m1/s1. The normalized spacial score (nSPS) is 20.3. The molecule has 0 aliphatic carbocycles. The quantitative estimate of drug-likeness (QED) is 0.450. The van der Waals surface area contributed by atoms with Crippen molar-refractivity contribution in [3.05, 3.63) is 35.9 Å². The average Bonchev–Trinajstić information content (AvgIpc) is 2.69. The van der Waals surface area contributed by atoms with Crippen LogP contribution in [0.2, 0.25) is 0 Å². The summed E-state index contributed by atoms with van der Waals surface area (Å²) < 4.78 is 10.5. The Bertz CT molecular complexity index is 754. The first-order valence-corrected chi connectivity index (χ1v) is 9.63. The van der Waals surface area contributed by atoms with Crippen molar-refractivity contribution in [3.8, 4) is 0 Å². The predicted octanol–water partition coefficient (Wildman–Crippen LogP) is 1.69. The maximum absolute atomic E-state index is 13.3. The number of primary amides is 1. The summed E-state index contributed by atoms with van der Waals surface area (Å²) in [5.41, 5.74) is 4.05. The summed E-state index contributed by atoms with van der Waals surface area (Å²) in [6, 6.07) is 7.67. The summed E-state index contributed by atoms with van der Waals surface area (Å²) in [6.07, 6.45) is -0.0994. The molecule has 5 amide bonds. The van der Waals surface area contributed by atoms with Gasteiger partial charge in [-0.2, -0.15) is 0 Å². The number of barbiturate groups is 1. The number of rotatable bonds is 10. The van der Waals surface area contributed by atoms with Gasteiger partial charge in [-0.3, -0.25) is 19.8 Å². The number of ether oxygens (including phenoxy) is 2. The number of imide groups is 2. The number of nitrogens with zero attached hydrogens (tertiary/aromatic N) is 1. The molecule has 1 fully saturated rings. The lowest BCUT2D eigenvalue weighted by Gasteiger charge is -2.39. The third-order valence-corrected chi connectivity index (χ3v) is 4.88. The molecular formula is C20H27N3O6. The minimum absolute atomic E-state index is 0.0294. The van der Waals surface area contributed by atoms with E-state index in [2.05, 4.69) is 5.32 Å². The number of nitrogens with two attached hydrogens (primary N) is 1. The zero-order valence-corrected chi connectivity index (χ0v) is 16.7. The van der Waals surface area contributed by atoms with Crippen molar-refractivity contribution in [3.63, 3.8) is 0 Å². The second kappa shape index (κ2) is 10.0. The van der Waals surface area contributed by atoms with Gasteiger partial charge in [0.05, 0.1) is 13.2 Å². The molecule has 3 N–H and O–H groups in total. The van der Waals surface area contributed by atoms with Crippen molar-refractivity contribution >= 4 is 23.9 Å². The lowest BCUT2D eigenvalue weighted by molar-refractivity contribution is -0.146. The summed E-state index contributed by atoms with van der Waals surface area (Å²) in [5.74, 6) is -1.35. The summed E-state index contributed by atoms with van der Waals surface area (Å²) >= 11 is 0. The molecule has 1 aromatic rings. The number of carbonyl (C=O) groups is 4. The fourth-order valence-electron chi connectivity index (χ4n) is 3.30. The van der Waals surface area contributed by atoms with Crippen LogP contribution in [0.25, 0.3) is 0 Å². The van der Waals surface area contributed by atoms with Crippen LogP contribution in [0.3, 0.4) is 0 Å². The molecule has 2 rings (SSSR count). The van der Waals surface area contributed by atoms with Crippen LogP contribution in [-0.2, 0) is 24.5 Å². The van der Waals surface area contributed by atoms with Crippen LogP contribution in [-0.4, -0.2) is 54.7 Å². The summed E-state index contributed by atoms with van der Waals surface area (Å²) in [7, 11) is 0. The molecule has 0 saturated carbocycles. The fourth-order valence-corrected chi connectivity index (χ4v) is 3.30. The molecule has 1 aliphatic rings. The molecule has 0 unspecified atom stereocenters. The molecule has 29 heavy (non-hydrogen) atoms. The Labute approximate surface area is 169 Å². The highest BCUT2D eigenvalue weighted by molar-refractivity contribution is 6.22.